The molecule has 1 atom stereocenters. The summed E-state index contributed by atoms with van der Waals surface area (Å²) < 4.78 is 2.05. The molecule has 1 fully saturated rings. The molecule has 6 nitrogen and oxygen atoms in total. The molecule has 6 heteroatoms. The van der Waals surface area contributed by atoms with Crippen molar-refractivity contribution in [2.24, 2.45) is 0 Å². The van der Waals surface area contributed by atoms with Gasteiger partial charge in [-0.1, -0.05) is 42.5 Å². The molecule has 1 amide bonds. The van der Waals surface area contributed by atoms with Gasteiger partial charge >= 0.3 is 0 Å². The Morgan fingerprint density at radius 2 is 1.91 bits per heavy atom. The number of para-hydroxylation sites is 1. The lowest BCUT2D eigenvalue weighted by Crippen LogP contribution is -2.26. The summed E-state index contributed by atoms with van der Waals surface area (Å²) in [7, 11) is 0. The highest BCUT2D eigenvalue weighted by atomic mass is 16.5. The predicted octanol–water partition coefficient (Wildman–Crippen LogP) is 4.39. The van der Waals surface area contributed by atoms with Crippen LogP contribution in [-0.2, 0) is 11.2 Å². The van der Waals surface area contributed by atoms with Crippen LogP contribution in [0.4, 0.5) is 0 Å². The van der Waals surface area contributed by atoms with Crippen molar-refractivity contribution in [3.63, 3.8) is 0 Å². The first-order valence-corrected chi connectivity index (χ1v) is 11.1. The van der Waals surface area contributed by atoms with Crippen LogP contribution >= 0.6 is 0 Å². The fourth-order valence-electron chi connectivity index (χ4n) is 4.62. The SMILES string of the molecule is Cc1nn(-c2ccccc2)c(C)c1CCN1CCC[C@H]1c1ccc(/C=C/C(=O)NO)cc1. The van der Waals surface area contributed by atoms with Gasteiger partial charge in [-0.3, -0.25) is 14.9 Å². The van der Waals surface area contributed by atoms with Crippen molar-refractivity contribution in [3.8, 4) is 5.69 Å². The minimum Gasteiger partial charge on any atom is -0.296 e. The molecule has 3 aromatic rings. The van der Waals surface area contributed by atoms with Crippen LogP contribution in [0.15, 0.2) is 60.7 Å². The molecular weight excluding hydrogens is 400 g/mol. The number of amides is 1. The molecule has 2 aromatic carbocycles. The van der Waals surface area contributed by atoms with Crippen LogP contribution in [-0.4, -0.2) is 38.9 Å². The number of aryl methyl sites for hydroxylation is 1. The van der Waals surface area contributed by atoms with Crippen molar-refractivity contribution in [1.29, 1.82) is 0 Å². The van der Waals surface area contributed by atoms with Crippen molar-refractivity contribution in [2.75, 3.05) is 13.1 Å². The van der Waals surface area contributed by atoms with E-state index in [0.717, 1.165) is 42.9 Å². The zero-order valence-corrected chi connectivity index (χ0v) is 18.7. The maximum atomic E-state index is 11.2. The van der Waals surface area contributed by atoms with E-state index >= 15 is 0 Å². The third kappa shape index (κ3) is 4.82. The Hall–Kier alpha value is -3.22. The standard InChI is InChI=1S/C26H30N4O2/c1-19-24(20(2)30(27-19)23-7-4-3-5-8-23)16-18-29-17-6-9-25(29)22-13-10-21(11-14-22)12-15-26(31)28-32/h3-5,7-8,10-15,25,32H,6,9,16-18H2,1-2H3,(H,28,31)/b15-12+/t25-/m0/s1. The Kier molecular flexibility index (Phi) is 6.83. The molecule has 1 saturated heterocycles. The summed E-state index contributed by atoms with van der Waals surface area (Å²) in [5.74, 6) is -0.530. The average molecular weight is 431 g/mol. The smallest absolute Gasteiger partial charge is 0.267 e. The monoisotopic (exact) mass is 430 g/mol. The first kappa shape index (κ1) is 22.0. The van der Waals surface area contributed by atoms with E-state index in [9.17, 15) is 4.79 Å². The molecule has 0 bridgehead atoms. The van der Waals surface area contributed by atoms with E-state index in [2.05, 4.69) is 47.7 Å². The lowest BCUT2D eigenvalue weighted by molar-refractivity contribution is -0.124. The summed E-state index contributed by atoms with van der Waals surface area (Å²) in [6.07, 6.45) is 6.35. The molecule has 2 heterocycles. The Balaban J connectivity index is 1.44. The van der Waals surface area contributed by atoms with E-state index in [1.807, 2.05) is 30.3 Å². The van der Waals surface area contributed by atoms with E-state index in [0.29, 0.717) is 6.04 Å². The number of hydroxylamine groups is 1. The minimum absolute atomic E-state index is 0.415. The Bertz CT molecular complexity index is 1090. The molecule has 0 spiro atoms. The number of hydrogen-bond acceptors (Lipinski definition) is 4. The van der Waals surface area contributed by atoms with Gasteiger partial charge in [0.15, 0.2) is 0 Å². The average Bonchev–Trinajstić information content (AvgIpc) is 3.41. The maximum absolute atomic E-state index is 11.2. The zero-order valence-electron chi connectivity index (χ0n) is 18.7. The second-order valence-corrected chi connectivity index (χ2v) is 8.32. The Labute approximate surface area is 189 Å². The first-order chi connectivity index (χ1) is 15.6. The van der Waals surface area contributed by atoms with Gasteiger partial charge in [0, 0.05) is 24.4 Å². The van der Waals surface area contributed by atoms with E-state index in [-0.39, 0.29) is 0 Å². The lowest BCUT2D eigenvalue weighted by atomic mass is 10.0. The minimum atomic E-state index is -0.530. The quantitative estimate of drug-likeness (QED) is 0.331. The second kappa shape index (κ2) is 9.94. The van der Waals surface area contributed by atoms with Crippen LogP contribution in [0.3, 0.4) is 0 Å². The molecule has 166 valence electrons. The van der Waals surface area contributed by atoms with Gasteiger partial charge < -0.3 is 0 Å². The summed E-state index contributed by atoms with van der Waals surface area (Å²) in [5, 5.41) is 13.4. The molecule has 2 N–H and O–H groups in total. The molecule has 1 aromatic heterocycles. The lowest BCUT2D eigenvalue weighted by Gasteiger charge is -2.25. The number of carbonyl (C=O) groups is 1. The van der Waals surface area contributed by atoms with Crippen LogP contribution < -0.4 is 5.48 Å². The topological polar surface area (TPSA) is 70.4 Å². The van der Waals surface area contributed by atoms with Crippen molar-refractivity contribution < 1.29 is 10.0 Å². The fourth-order valence-corrected chi connectivity index (χ4v) is 4.62. The van der Waals surface area contributed by atoms with E-state index < -0.39 is 5.91 Å². The highest BCUT2D eigenvalue weighted by molar-refractivity contribution is 5.90. The van der Waals surface area contributed by atoms with Crippen LogP contribution in [0.2, 0.25) is 0 Å². The molecule has 4 rings (SSSR count). The van der Waals surface area contributed by atoms with Crippen LogP contribution in [0.25, 0.3) is 11.8 Å². The largest absolute Gasteiger partial charge is 0.296 e. The molecule has 0 unspecified atom stereocenters. The van der Waals surface area contributed by atoms with Gasteiger partial charge in [-0.25, -0.2) is 10.2 Å². The zero-order chi connectivity index (χ0) is 22.5. The maximum Gasteiger partial charge on any atom is 0.267 e. The van der Waals surface area contributed by atoms with Gasteiger partial charge in [0.25, 0.3) is 5.91 Å². The van der Waals surface area contributed by atoms with Gasteiger partial charge in [0.2, 0.25) is 0 Å². The third-order valence-corrected chi connectivity index (χ3v) is 6.31. The van der Waals surface area contributed by atoms with Crippen LogP contribution in [0.5, 0.6) is 0 Å². The highest BCUT2D eigenvalue weighted by Crippen LogP contribution is 2.32. The summed E-state index contributed by atoms with van der Waals surface area (Å²) in [6.45, 7) is 6.37. The number of carbonyl (C=O) groups excluding carboxylic acids is 1. The Morgan fingerprint density at radius 1 is 1.16 bits per heavy atom. The number of likely N-dealkylation sites (tertiary alicyclic amines) is 1. The third-order valence-electron chi connectivity index (χ3n) is 6.31. The van der Waals surface area contributed by atoms with E-state index in [4.69, 9.17) is 10.3 Å². The van der Waals surface area contributed by atoms with Gasteiger partial charge in [-0.15, -0.1) is 0 Å². The summed E-state index contributed by atoms with van der Waals surface area (Å²) in [5.41, 5.74) is 8.60. The summed E-state index contributed by atoms with van der Waals surface area (Å²) >= 11 is 0. The highest BCUT2D eigenvalue weighted by Gasteiger charge is 2.26. The summed E-state index contributed by atoms with van der Waals surface area (Å²) in [4.78, 5) is 13.7. The predicted molar refractivity (Wildman–Crippen MR) is 126 cm³/mol. The van der Waals surface area contributed by atoms with Gasteiger partial charge in [0.05, 0.1) is 11.4 Å². The van der Waals surface area contributed by atoms with Crippen molar-refractivity contribution in [3.05, 3.63) is 88.8 Å². The first-order valence-electron chi connectivity index (χ1n) is 11.1. The van der Waals surface area contributed by atoms with E-state index in [1.165, 1.54) is 29.3 Å². The molecular formula is C26H30N4O2. The normalized spacial score (nSPS) is 16.7. The van der Waals surface area contributed by atoms with Crippen molar-refractivity contribution in [2.45, 2.75) is 39.2 Å². The number of aromatic nitrogens is 2. The van der Waals surface area contributed by atoms with E-state index in [1.54, 1.807) is 11.6 Å². The Morgan fingerprint density at radius 3 is 2.62 bits per heavy atom. The molecule has 1 aliphatic heterocycles. The molecule has 0 saturated carbocycles. The fraction of sp³-hybridized carbons (Fsp3) is 0.308. The number of benzene rings is 2. The molecule has 1 aliphatic rings. The van der Waals surface area contributed by atoms with Crippen molar-refractivity contribution >= 4 is 12.0 Å². The van der Waals surface area contributed by atoms with Gasteiger partial charge in [-0.2, -0.15) is 5.10 Å². The van der Waals surface area contributed by atoms with Crippen LogP contribution in [0.1, 0.15) is 47.0 Å². The number of nitrogens with one attached hydrogen (secondary N) is 1. The number of nitrogens with zero attached hydrogens (tertiary/aromatic N) is 3. The second-order valence-electron chi connectivity index (χ2n) is 8.32. The van der Waals surface area contributed by atoms with Crippen LogP contribution in [0, 0.1) is 13.8 Å². The molecule has 0 aliphatic carbocycles. The molecule has 0 radical (unpaired) electrons. The molecule has 32 heavy (non-hydrogen) atoms. The van der Waals surface area contributed by atoms with Gasteiger partial charge in [-0.05, 0) is 74.6 Å². The van der Waals surface area contributed by atoms with Gasteiger partial charge in [0.1, 0.15) is 0 Å². The number of rotatable bonds is 7. The summed E-state index contributed by atoms with van der Waals surface area (Å²) in [6, 6.07) is 19.0. The van der Waals surface area contributed by atoms with Crippen molar-refractivity contribution in [1.82, 2.24) is 20.2 Å². The number of hydrogen-bond donors (Lipinski definition) is 2.